The van der Waals surface area contributed by atoms with E-state index in [9.17, 15) is 17.4 Å². The molecule has 32 heteroatoms. The topological polar surface area (TPSA) is 342 Å². The molecule has 1 heterocycles. The van der Waals surface area contributed by atoms with Gasteiger partial charge in [-0.1, -0.05) is 48.0 Å². The van der Waals surface area contributed by atoms with E-state index in [0.717, 1.165) is 16.2 Å². The fourth-order valence-corrected chi connectivity index (χ4v) is 2.04. The molecule has 19 nitrogen and oxygen atoms in total. The van der Waals surface area contributed by atoms with E-state index < -0.39 is 115 Å². The SMILES string of the molecule is Clc1ccc2cc(-c3ccccc3)[nH]c2c1.O=[Te](=O)(O)F.O=[Te](=O)(O)F.O=[Te](=O)(O)F.O=[Te](=O)(O)F.O=[Te](=O)(O)F.O=[Te](=O)(O)F. The summed E-state index contributed by atoms with van der Waals surface area (Å²) >= 11 is -30.2. The van der Waals surface area contributed by atoms with Crippen molar-refractivity contribution in [2.24, 2.45) is 0 Å². The molecule has 7 N–H and O–H groups in total. The van der Waals surface area contributed by atoms with Crippen molar-refractivity contribution >= 4 is 137 Å². The average molecular weight is 1400 g/mol. The maximum absolute atomic E-state index is 10.3. The second kappa shape index (κ2) is 23.4. The molecule has 0 aliphatic carbocycles. The zero-order valence-electron chi connectivity index (χ0n) is 20.9. The minimum atomic E-state index is -6.02. The van der Waals surface area contributed by atoms with Crippen molar-refractivity contribution in [1.82, 2.24) is 4.98 Å². The first-order valence-corrected chi connectivity index (χ1v) is 32.5. The van der Waals surface area contributed by atoms with Gasteiger partial charge < -0.3 is 4.98 Å². The van der Waals surface area contributed by atoms with Gasteiger partial charge in [0.15, 0.2) is 0 Å². The van der Waals surface area contributed by atoms with Crippen LogP contribution in [0.5, 0.6) is 0 Å². The molecule has 0 atom stereocenters. The van der Waals surface area contributed by atoms with Crippen LogP contribution in [0.1, 0.15) is 0 Å². The van der Waals surface area contributed by atoms with Crippen molar-refractivity contribution in [2.75, 3.05) is 0 Å². The molecule has 0 aliphatic heterocycles. The molecule has 2 aromatic carbocycles. The van der Waals surface area contributed by atoms with Crippen molar-refractivity contribution in [1.29, 1.82) is 0 Å². The Bertz CT molecular complexity index is 1730. The van der Waals surface area contributed by atoms with Crippen molar-refractivity contribution in [3.05, 3.63) is 59.6 Å². The van der Waals surface area contributed by atoms with Crippen molar-refractivity contribution in [2.45, 2.75) is 0 Å². The van der Waals surface area contributed by atoms with Crippen LogP contribution >= 0.6 is 11.6 Å². The molecule has 0 saturated heterocycles. The van der Waals surface area contributed by atoms with E-state index in [0.29, 0.717) is 0 Å². The molecule has 0 radical (unpaired) electrons. The van der Waals surface area contributed by atoms with Gasteiger partial charge in [-0.3, -0.25) is 0 Å². The molecule has 0 spiro atoms. The van der Waals surface area contributed by atoms with Gasteiger partial charge in [0.2, 0.25) is 0 Å². The van der Waals surface area contributed by atoms with Gasteiger partial charge in [0, 0.05) is 21.6 Å². The summed E-state index contributed by atoms with van der Waals surface area (Å²) in [6.07, 6.45) is 0. The van der Waals surface area contributed by atoms with Crippen LogP contribution in [0.4, 0.5) is 17.4 Å². The Morgan fingerprint density at radius 3 is 1.04 bits per heavy atom. The van der Waals surface area contributed by atoms with Crippen molar-refractivity contribution in [3.63, 3.8) is 0 Å². The van der Waals surface area contributed by atoms with Gasteiger partial charge in [-0.15, -0.1) is 0 Å². The zero-order chi connectivity index (χ0) is 38.0. The van der Waals surface area contributed by atoms with Crippen LogP contribution in [0.2, 0.25) is 5.02 Å². The average Bonchev–Trinajstić information content (AvgIpc) is 3.10. The van der Waals surface area contributed by atoms with Crippen LogP contribution in [-0.4, -0.2) is 141 Å². The number of halogens is 7. The van der Waals surface area contributed by atoms with E-state index in [1.807, 2.05) is 36.4 Å². The number of aromatic amines is 1. The molecule has 3 aromatic rings. The van der Waals surface area contributed by atoms with Crippen LogP contribution in [0.25, 0.3) is 22.2 Å². The molecule has 270 valence electrons. The summed E-state index contributed by atoms with van der Waals surface area (Å²) < 4.78 is 207. The first kappa shape index (κ1) is 52.8. The normalized spacial score (nSPS) is 11.3. The molecular formula is C14H16ClF6NO18Te6. The number of hydrogen-bond donors (Lipinski definition) is 7. The summed E-state index contributed by atoms with van der Waals surface area (Å²) in [6.45, 7) is 0. The molecule has 0 fully saturated rings. The number of hydrogen-bond acceptors (Lipinski definition) is 12. The van der Waals surface area contributed by atoms with Gasteiger partial charge in [0.1, 0.15) is 0 Å². The number of benzene rings is 2. The van der Waals surface area contributed by atoms with Crippen molar-refractivity contribution in [3.8, 4) is 11.3 Å². The summed E-state index contributed by atoms with van der Waals surface area (Å²) in [7, 11) is 0. The molecule has 0 unspecified atom stereocenters. The fraction of sp³-hybridized carbons (Fsp3) is 0. The second-order valence-corrected chi connectivity index (χ2v) is 20.8. The predicted molar refractivity (Wildman–Crippen MR) is 131 cm³/mol. The van der Waals surface area contributed by atoms with E-state index in [1.54, 1.807) is 0 Å². The number of aromatic nitrogens is 1. The molecule has 1 aromatic heterocycles. The summed E-state index contributed by atoms with van der Waals surface area (Å²) in [5, 5.41) is 1.94. The molecule has 3 rings (SSSR count). The van der Waals surface area contributed by atoms with Gasteiger partial charge in [0.25, 0.3) is 0 Å². The third-order valence-electron chi connectivity index (χ3n) is 2.67. The van der Waals surface area contributed by atoms with E-state index >= 15 is 0 Å². The van der Waals surface area contributed by atoms with Gasteiger partial charge in [-0.25, -0.2) is 0 Å². The summed E-state index contributed by atoms with van der Waals surface area (Å²) in [6, 6.07) is 18.3. The summed E-state index contributed by atoms with van der Waals surface area (Å²) in [5.74, 6) is 0. The van der Waals surface area contributed by atoms with E-state index in [1.165, 1.54) is 10.9 Å². The summed E-state index contributed by atoms with van der Waals surface area (Å²) in [4.78, 5) is 3.37. The van der Waals surface area contributed by atoms with E-state index in [2.05, 4.69) is 23.2 Å². The van der Waals surface area contributed by atoms with Crippen LogP contribution in [0.15, 0.2) is 54.6 Å². The molecular weight excluding hydrogens is 1390 g/mol. The summed E-state index contributed by atoms with van der Waals surface area (Å²) in [5.41, 5.74) is 3.39. The van der Waals surface area contributed by atoms with Crippen LogP contribution in [0, 0.1) is 0 Å². The van der Waals surface area contributed by atoms with Crippen LogP contribution in [0.3, 0.4) is 0 Å². The third-order valence-corrected chi connectivity index (χ3v) is 2.90. The number of H-pyrrole nitrogens is 1. The molecule has 0 bridgehead atoms. The molecule has 0 amide bonds. The Balaban J connectivity index is -0.000000249. The molecule has 0 saturated carbocycles. The molecule has 46 heavy (non-hydrogen) atoms. The Labute approximate surface area is 284 Å². The van der Waals surface area contributed by atoms with E-state index in [4.69, 9.17) is 69.7 Å². The quantitative estimate of drug-likeness (QED) is 0.124. The Kier molecular flexibility index (Phi) is 26.8. The van der Waals surface area contributed by atoms with Crippen molar-refractivity contribution < 1.29 is 75.4 Å². The number of fused-ring (bicyclic) bond motifs is 1. The van der Waals surface area contributed by atoms with Crippen LogP contribution < -0.4 is 0 Å². The Hall–Kier alpha value is -0.0523. The Morgan fingerprint density at radius 2 is 0.761 bits per heavy atom. The monoisotopic (exact) mass is 1410 g/mol. The molecule has 0 aliphatic rings. The Morgan fingerprint density at radius 1 is 0.478 bits per heavy atom. The second-order valence-electron chi connectivity index (χ2n) is 6.25. The van der Waals surface area contributed by atoms with Gasteiger partial charge in [-0.05, 0) is 23.8 Å². The number of nitrogens with one attached hydrogen (secondary N) is 1. The standard InChI is InChI=1S/C14H10ClN.6FHO3Te/c15-12-7-6-11-8-13(16-14(11)9-12)10-4-2-1-3-5-10;6*1-5(2,3)4/h1-9,16H;6*(H,2,3,4). The first-order chi connectivity index (χ1) is 19.8. The van der Waals surface area contributed by atoms with Gasteiger partial charge >= 0.3 is 190 Å². The fourth-order valence-electron chi connectivity index (χ4n) is 1.87. The maximum atomic E-state index is 10.3. The van der Waals surface area contributed by atoms with Gasteiger partial charge in [-0.2, -0.15) is 0 Å². The van der Waals surface area contributed by atoms with Crippen LogP contribution in [-0.2, 0) is 37.3 Å². The first-order valence-electron chi connectivity index (χ1n) is 9.19. The zero-order valence-corrected chi connectivity index (χ0v) is 35.6. The number of rotatable bonds is 1. The predicted octanol–water partition coefficient (Wildman–Crippen LogP) is -0.0429. The minimum absolute atomic E-state index is 0.758. The third kappa shape index (κ3) is 74.7. The van der Waals surface area contributed by atoms with Gasteiger partial charge in [0.05, 0.1) is 0 Å². The van der Waals surface area contributed by atoms with E-state index in [-0.39, 0.29) is 0 Å².